The summed E-state index contributed by atoms with van der Waals surface area (Å²) in [6, 6.07) is 8.87. The Bertz CT molecular complexity index is 1040. The van der Waals surface area contributed by atoms with Crippen LogP contribution in [-0.2, 0) is 0 Å². The lowest BCUT2D eigenvalue weighted by molar-refractivity contribution is 0.102. The molecule has 0 saturated carbocycles. The molecule has 0 radical (unpaired) electrons. The Morgan fingerprint density at radius 1 is 1.19 bits per heavy atom. The molecule has 136 valence electrons. The lowest BCUT2D eigenvalue weighted by atomic mass is 9.98. The Morgan fingerprint density at radius 3 is 2.63 bits per heavy atom. The minimum absolute atomic E-state index is 0.0322. The second-order valence-electron chi connectivity index (χ2n) is 5.85. The summed E-state index contributed by atoms with van der Waals surface area (Å²) in [6.07, 6.45) is 3.02. The van der Waals surface area contributed by atoms with Gasteiger partial charge in [0.15, 0.2) is 0 Å². The number of nitrogens with one attached hydrogen (secondary N) is 2. The van der Waals surface area contributed by atoms with Crippen LogP contribution in [0.5, 0.6) is 0 Å². The van der Waals surface area contributed by atoms with Crippen molar-refractivity contribution in [1.29, 1.82) is 5.41 Å². The van der Waals surface area contributed by atoms with Crippen molar-refractivity contribution >= 4 is 28.9 Å². The number of amides is 1. The Balaban J connectivity index is 1.90. The molecule has 1 amide bonds. The van der Waals surface area contributed by atoms with E-state index in [2.05, 4.69) is 15.3 Å². The molecule has 2 aromatic heterocycles. The van der Waals surface area contributed by atoms with Gasteiger partial charge in [0.25, 0.3) is 5.91 Å². The van der Waals surface area contributed by atoms with Gasteiger partial charge in [-0.2, -0.15) is 0 Å². The van der Waals surface area contributed by atoms with Gasteiger partial charge in [0, 0.05) is 29.2 Å². The molecule has 0 bridgehead atoms. The molecule has 0 spiro atoms. The van der Waals surface area contributed by atoms with Crippen molar-refractivity contribution in [2.24, 2.45) is 0 Å². The number of anilines is 3. The number of hydrogen-bond donors (Lipinski definition) is 4. The van der Waals surface area contributed by atoms with Crippen molar-refractivity contribution in [3.8, 4) is 0 Å². The van der Waals surface area contributed by atoms with Crippen molar-refractivity contribution in [2.75, 3.05) is 16.8 Å². The first-order chi connectivity index (χ1) is 12.9. The summed E-state index contributed by atoms with van der Waals surface area (Å²) in [7, 11) is 0. The van der Waals surface area contributed by atoms with Gasteiger partial charge >= 0.3 is 0 Å². The molecule has 0 unspecified atom stereocenters. The third kappa shape index (κ3) is 3.59. The van der Waals surface area contributed by atoms with Gasteiger partial charge in [-0.25, -0.2) is 14.4 Å². The molecular formula is C19H17FN6O. The fourth-order valence-corrected chi connectivity index (χ4v) is 2.52. The van der Waals surface area contributed by atoms with Crippen molar-refractivity contribution in [3.05, 3.63) is 76.9 Å². The highest BCUT2D eigenvalue weighted by Crippen LogP contribution is 2.25. The predicted molar refractivity (Wildman–Crippen MR) is 102 cm³/mol. The monoisotopic (exact) mass is 364 g/mol. The van der Waals surface area contributed by atoms with Crippen LogP contribution < -0.4 is 16.8 Å². The SMILES string of the molecule is Cc1cnc(N)c(C(=N)c2ccc(C(=O)Nc3ccccn3)cc2F)c1N. The lowest BCUT2D eigenvalue weighted by Gasteiger charge is -2.13. The quantitative estimate of drug-likeness (QED) is 0.529. The average molecular weight is 364 g/mol. The number of rotatable bonds is 4. The number of aromatic nitrogens is 2. The maximum Gasteiger partial charge on any atom is 0.256 e. The topological polar surface area (TPSA) is 131 Å². The Hall–Kier alpha value is -3.81. The van der Waals surface area contributed by atoms with Crippen molar-refractivity contribution in [3.63, 3.8) is 0 Å². The first-order valence-electron chi connectivity index (χ1n) is 8.00. The number of halogens is 1. The first kappa shape index (κ1) is 18.0. The van der Waals surface area contributed by atoms with Gasteiger partial charge < -0.3 is 16.8 Å². The molecule has 1 aromatic carbocycles. The van der Waals surface area contributed by atoms with E-state index in [1.54, 1.807) is 25.1 Å². The van der Waals surface area contributed by atoms with Gasteiger partial charge in [-0.1, -0.05) is 6.07 Å². The zero-order valence-electron chi connectivity index (χ0n) is 14.5. The zero-order chi connectivity index (χ0) is 19.6. The van der Waals surface area contributed by atoms with E-state index in [-0.39, 0.29) is 33.9 Å². The van der Waals surface area contributed by atoms with Crippen molar-refractivity contribution in [1.82, 2.24) is 9.97 Å². The molecule has 8 heteroatoms. The highest BCUT2D eigenvalue weighted by Gasteiger charge is 2.19. The van der Waals surface area contributed by atoms with Gasteiger partial charge in [0.05, 0.1) is 11.3 Å². The van der Waals surface area contributed by atoms with Crippen LogP contribution in [0.1, 0.15) is 27.0 Å². The molecule has 0 atom stereocenters. The summed E-state index contributed by atoms with van der Waals surface area (Å²) in [6.45, 7) is 1.72. The molecule has 0 fully saturated rings. The summed E-state index contributed by atoms with van der Waals surface area (Å²) in [4.78, 5) is 20.2. The fourth-order valence-electron chi connectivity index (χ4n) is 2.52. The maximum atomic E-state index is 14.6. The highest BCUT2D eigenvalue weighted by atomic mass is 19.1. The second kappa shape index (κ2) is 7.20. The molecule has 3 rings (SSSR count). The Kier molecular flexibility index (Phi) is 4.80. The minimum atomic E-state index is -0.742. The van der Waals surface area contributed by atoms with Gasteiger partial charge in [-0.05, 0) is 42.8 Å². The molecule has 27 heavy (non-hydrogen) atoms. The van der Waals surface area contributed by atoms with Crippen LogP contribution >= 0.6 is 0 Å². The summed E-state index contributed by atoms with van der Waals surface area (Å²) >= 11 is 0. The van der Waals surface area contributed by atoms with Gasteiger partial charge in [0.1, 0.15) is 17.5 Å². The van der Waals surface area contributed by atoms with Crippen molar-refractivity contribution in [2.45, 2.75) is 6.92 Å². The standard InChI is InChI=1S/C19H17FN6O/c1-10-9-25-18(23)15(16(10)21)17(22)12-6-5-11(8-13(12)20)19(27)26-14-4-2-3-7-24-14/h2-9,22H,1H3,(H4,21,23,25)(H,24,26,27). The number of benzene rings is 1. The number of hydrogen-bond acceptors (Lipinski definition) is 6. The highest BCUT2D eigenvalue weighted by molar-refractivity contribution is 6.17. The van der Waals surface area contributed by atoms with Crippen LogP contribution in [0.2, 0.25) is 0 Å². The van der Waals surface area contributed by atoms with E-state index in [1.165, 1.54) is 24.5 Å². The lowest BCUT2D eigenvalue weighted by Crippen LogP contribution is -2.16. The number of nitrogens with two attached hydrogens (primary N) is 2. The number of carbonyl (C=O) groups is 1. The van der Waals surface area contributed by atoms with Gasteiger partial charge in [-0.3, -0.25) is 10.2 Å². The summed E-state index contributed by atoms with van der Waals surface area (Å²) in [5.74, 6) is -0.860. The number of pyridine rings is 2. The van der Waals surface area contributed by atoms with Crippen LogP contribution in [0.4, 0.5) is 21.7 Å². The normalized spacial score (nSPS) is 10.4. The largest absolute Gasteiger partial charge is 0.398 e. The first-order valence-corrected chi connectivity index (χ1v) is 8.00. The molecule has 0 aliphatic heterocycles. The number of carbonyl (C=O) groups excluding carboxylic acids is 1. The van der Waals surface area contributed by atoms with E-state index in [0.29, 0.717) is 11.4 Å². The van der Waals surface area contributed by atoms with Crippen LogP contribution in [0.3, 0.4) is 0 Å². The maximum absolute atomic E-state index is 14.6. The molecule has 3 aromatic rings. The van der Waals surface area contributed by atoms with Crippen LogP contribution in [0.25, 0.3) is 0 Å². The number of nitrogen functional groups attached to an aromatic ring is 2. The number of nitrogens with zero attached hydrogens (tertiary/aromatic N) is 2. The smallest absolute Gasteiger partial charge is 0.256 e. The Labute approximate surface area is 154 Å². The van der Waals surface area contributed by atoms with Crippen LogP contribution in [0, 0.1) is 18.2 Å². The molecule has 2 heterocycles. The van der Waals surface area contributed by atoms with E-state index in [1.807, 2.05) is 0 Å². The predicted octanol–water partition coefficient (Wildman–Crippen LogP) is 2.76. The minimum Gasteiger partial charge on any atom is -0.398 e. The third-order valence-corrected chi connectivity index (χ3v) is 4.00. The summed E-state index contributed by atoms with van der Waals surface area (Å²) in [5, 5.41) is 10.9. The second-order valence-corrected chi connectivity index (χ2v) is 5.85. The van der Waals surface area contributed by atoms with E-state index in [4.69, 9.17) is 16.9 Å². The molecule has 0 aliphatic carbocycles. The third-order valence-electron chi connectivity index (χ3n) is 4.00. The molecule has 6 N–H and O–H groups in total. The van der Waals surface area contributed by atoms with E-state index in [0.717, 1.165) is 6.07 Å². The van der Waals surface area contributed by atoms with Gasteiger partial charge in [0.2, 0.25) is 0 Å². The van der Waals surface area contributed by atoms with Crippen LogP contribution in [0.15, 0.2) is 48.8 Å². The Morgan fingerprint density at radius 2 is 1.96 bits per heavy atom. The summed E-state index contributed by atoms with van der Waals surface area (Å²) in [5.41, 5.74) is 12.7. The van der Waals surface area contributed by atoms with Crippen molar-refractivity contribution < 1.29 is 9.18 Å². The molecular weight excluding hydrogens is 347 g/mol. The van der Waals surface area contributed by atoms with E-state index < -0.39 is 11.7 Å². The number of aryl methyl sites for hydroxylation is 1. The van der Waals surface area contributed by atoms with E-state index >= 15 is 0 Å². The zero-order valence-corrected chi connectivity index (χ0v) is 14.5. The average Bonchev–Trinajstić information content (AvgIpc) is 2.65. The molecule has 0 aliphatic rings. The van der Waals surface area contributed by atoms with Crippen LogP contribution in [-0.4, -0.2) is 21.6 Å². The molecule has 7 nitrogen and oxygen atoms in total. The fraction of sp³-hybridized carbons (Fsp3) is 0.0526. The van der Waals surface area contributed by atoms with Gasteiger partial charge in [-0.15, -0.1) is 0 Å². The summed E-state index contributed by atoms with van der Waals surface area (Å²) < 4.78 is 14.6. The molecule has 0 saturated heterocycles. The van der Waals surface area contributed by atoms with E-state index in [9.17, 15) is 9.18 Å².